The first-order chi connectivity index (χ1) is 14.0. The number of anilines is 1. The van der Waals surface area contributed by atoms with Gasteiger partial charge in [0.05, 0.1) is 12.8 Å². The highest BCUT2D eigenvalue weighted by Gasteiger charge is 2.15. The number of halogens is 2. The Hall–Kier alpha value is -3.16. The third kappa shape index (κ3) is 6.17. The average molecular weight is 405 g/mol. The van der Waals surface area contributed by atoms with Crippen molar-refractivity contribution in [3.8, 4) is 11.5 Å². The van der Waals surface area contributed by atoms with E-state index in [0.717, 1.165) is 18.8 Å². The predicted molar refractivity (Wildman–Crippen MR) is 109 cm³/mol. The van der Waals surface area contributed by atoms with Crippen molar-refractivity contribution in [2.24, 2.45) is 5.10 Å². The zero-order valence-corrected chi connectivity index (χ0v) is 16.7. The summed E-state index contributed by atoms with van der Waals surface area (Å²) < 4.78 is 35.3. The minimum absolute atomic E-state index is 0.133. The smallest absolute Gasteiger partial charge is 0.387 e. The number of para-hydroxylation sites is 1. The van der Waals surface area contributed by atoms with Crippen molar-refractivity contribution in [3.05, 3.63) is 53.6 Å². The van der Waals surface area contributed by atoms with Crippen molar-refractivity contribution in [1.82, 2.24) is 5.43 Å². The number of carbonyl (C=O) groups is 1. The molecule has 0 fully saturated rings. The second kappa shape index (κ2) is 11.0. The van der Waals surface area contributed by atoms with Crippen molar-refractivity contribution in [3.63, 3.8) is 0 Å². The molecule has 156 valence electrons. The summed E-state index contributed by atoms with van der Waals surface area (Å²) in [5, 5.41) is 3.86. The second-order valence-electron chi connectivity index (χ2n) is 5.90. The molecule has 1 N–H and O–H groups in total. The first-order valence-electron chi connectivity index (χ1n) is 9.39. The van der Waals surface area contributed by atoms with Gasteiger partial charge in [-0.3, -0.25) is 4.79 Å². The molecule has 0 atom stereocenters. The van der Waals surface area contributed by atoms with Crippen LogP contribution in [0.4, 0.5) is 14.5 Å². The van der Waals surface area contributed by atoms with E-state index in [1.807, 2.05) is 12.1 Å². The quantitative estimate of drug-likeness (QED) is 0.473. The van der Waals surface area contributed by atoms with Crippen LogP contribution in [-0.4, -0.2) is 38.4 Å². The number of benzene rings is 2. The third-order valence-electron chi connectivity index (χ3n) is 4.14. The van der Waals surface area contributed by atoms with Gasteiger partial charge < -0.3 is 14.4 Å². The molecule has 2 aromatic carbocycles. The number of hydrogen-bond acceptors (Lipinski definition) is 5. The summed E-state index contributed by atoms with van der Waals surface area (Å²) in [7, 11) is 0. The van der Waals surface area contributed by atoms with Crippen molar-refractivity contribution in [2.45, 2.75) is 27.4 Å². The fourth-order valence-electron chi connectivity index (χ4n) is 2.76. The molecular formula is C21H25F2N3O3. The van der Waals surface area contributed by atoms with Gasteiger partial charge in [0.25, 0.3) is 5.91 Å². The van der Waals surface area contributed by atoms with Crippen LogP contribution >= 0.6 is 0 Å². The van der Waals surface area contributed by atoms with E-state index in [-0.39, 0.29) is 17.1 Å². The second-order valence-corrected chi connectivity index (χ2v) is 5.90. The highest BCUT2D eigenvalue weighted by Crippen LogP contribution is 2.31. The van der Waals surface area contributed by atoms with E-state index in [9.17, 15) is 13.6 Å². The normalized spacial score (nSPS) is 11.0. The molecule has 0 unspecified atom stereocenters. The van der Waals surface area contributed by atoms with Gasteiger partial charge >= 0.3 is 6.61 Å². The Morgan fingerprint density at radius 3 is 2.41 bits per heavy atom. The molecule has 1 amide bonds. The zero-order valence-electron chi connectivity index (χ0n) is 16.7. The molecule has 0 aliphatic carbocycles. The molecule has 0 saturated carbocycles. The lowest BCUT2D eigenvalue weighted by Gasteiger charge is -2.20. The summed E-state index contributed by atoms with van der Waals surface area (Å²) in [6.45, 7) is 4.88. The Morgan fingerprint density at radius 2 is 1.83 bits per heavy atom. The van der Waals surface area contributed by atoms with Crippen LogP contribution in [0.25, 0.3) is 0 Å². The fraction of sp³-hybridized carbons (Fsp3) is 0.333. The van der Waals surface area contributed by atoms with Gasteiger partial charge in [-0.2, -0.15) is 13.9 Å². The summed E-state index contributed by atoms with van der Waals surface area (Å²) in [4.78, 5) is 14.4. The maximum atomic E-state index is 12.7. The number of hydrogen-bond donors (Lipinski definition) is 1. The zero-order chi connectivity index (χ0) is 21.2. The van der Waals surface area contributed by atoms with Crippen molar-refractivity contribution in [1.29, 1.82) is 0 Å². The number of carbonyl (C=O) groups excluding carboxylic acids is 1. The molecule has 2 rings (SSSR count). The first kappa shape index (κ1) is 22.1. The van der Waals surface area contributed by atoms with Crippen LogP contribution in [0.1, 0.15) is 36.7 Å². The molecule has 2 aromatic rings. The highest BCUT2D eigenvalue weighted by molar-refractivity contribution is 5.95. The highest BCUT2D eigenvalue weighted by atomic mass is 19.3. The number of nitrogens with zero attached hydrogens (tertiary/aromatic N) is 2. The molecule has 0 heterocycles. The van der Waals surface area contributed by atoms with E-state index in [1.54, 1.807) is 25.1 Å². The number of rotatable bonds is 10. The number of nitrogens with one attached hydrogen (secondary N) is 1. The minimum Gasteiger partial charge on any atom is -0.490 e. The number of alkyl halides is 2. The van der Waals surface area contributed by atoms with Gasteiger partial charge in [-0.25, -0.2) is 5.43 Å². The van der Waals surface area contributed by atoms with Gasteiger partial charge in [0.2, 0.25) is 0 Å². The van der Waals surface area contributed by atoms with E-state index < -0.39 is 12.5 Å². The monoisotopic (exact) mass is 405 g/mol. The molecule has 29 heavy (non-hydrogen) atoms. The van der Waals surface area contributed by atoms with Gasteiger partial charge in [-0.1, -0.05) is 6.07 Å². The van der Waals surface area contributed by atoms with Crippen LogP contribution in [0.2, 0.25) is 0 Å². The van der Waals surface area contributed by atoms with Crippen LogP contribution in [0, 0.1) is 0 Å². The molecule has 0 aliphatic heterocycles. The Labute approximate surface area is 169 Å². The summed E-state index contributed by atoms with van der Waals surface area (Å²) in [5.41, 5.74) is 4.11. The van der Waals surface area contributed by atoms with E-state index in [4.69, 9.17) is 4.74 Å². The lowest BCUT2D eigenvalue weighted by Crippen LogP contribution is -2.22. The summed E-state index contributed by atoms with van der Waals surface area (Å²) in [6.07, 6.45) is 1.24. The largest absolute Gasteiger partial charge is 0.490 e. The van der Waals surface area contributed by atoms with E-state index in [0.29, 0.717) is 12.2 Å². The van der Waals surface area contributed by atoms with Gasteiger partial charge in [0, 0.05) is 29.9 Å². The van der Waals surface area contributed by atoms with Crippen LogP contribution in [0.5, 0.6) is 11.5 Å². The SMILES string of the molecule is CCOc1cccc(/C=N\NC(=O)c2ccc(N(CC)CC)cc2)c1OC(F)F. The molecule has 6 nitrogen and oxygen atoms in total. The van der Waals surface area contributed by atoms with Crippen LogP contribution < -0.4 is 19.8 Å². The predicted octanol–water partition coefficient (Wildman–Crippen LogP) is 4.30. The summed E-state index contributed by atoms with van der Waals surface area (Å²) >= 11 is 0. The number of ether oxygens (including phenoxy) is 2. The molecule has 0 aromatic heterocycles. The van der Waals surface area contributed by atoms with Crippen molar-refractivity contribution < 1.29 is 23.0 Å². The topological polar surface area (TPSA) is 63.2 Å². The van der Waals surface area contributed by atoms with Crippen LogP contribution in [0.3, 0.4) is 0 Å². The van der Waals surface area contributed by atoms with Gasteiger partial charge in [0.15, 0.2) is 11.5 Å². The van der Waals surface area contributed by atoms with Crippen LogP contribution in [0.15, 0.2) is 47.6 Å². The average Bonchev–Trinajstić information content (AvgIpc) is 2.71. The van der Waals surface area contributed by atoms with Crippen molar-refractivity contribution in [2.75, 3.05) is 24.6 Å². The standard InChI is InChI=1S/C21H25F2N3O3/c1-4-26(5-2)17-12-10-15(11-13-17)20(27)25-24-14-16-8-7-9-18(28-6-3)19(16)29-21(22)23/h7-14,21H,4-6H2,1-3H3,(H,25,27)/b24-14-. The van der Waals surface area contributed by atoms with E-state index in [1.165, 1.54) is 18.3 Å². The maximum absolute atomic E-state index is 12.7. The Balaban J connectivity index is 2.11. The first-order valence-corrected chi connectivity index (χ1v) is 9.39. The van der Waals surface area contributed by atoms with Gasteiger partial charge in [-0.05, 0) is 57.2 Å². The summed E-state index contributed by atoms with van der Waals surface area (Å²) in [5.74, 6) is -0.370. The van der Waals surface area contributed by atoms with E-state index >= 15 is 0 Å². The minimum atomic E-state index is -3.01. The third-order valence-corrected chi connectivity index (χ3v) is 4.14. The summed E-state index contributed by atoms with van der Waals surface area (Å²) in [6, 6.07) is 11.8. The molecule has 8 heteroatoms. The lowest BCUT2D eigenvalue weighted by atomic mass is 10.2. The Kier molecular flexibility index (Phi) is 8.39. The molecule has 0 bridgehead atoms. The van der Waals surface area contributed by atoms with Crippen LogP contribution in [-0.2, 0) is 0 Å². The van der Waals surface area contributed by atoms with Crippen molar-refractivity contribution >= 4 is 17.8 Å². The number of amides is 1. The maximum Gasteiger partial charge on any atom is 0.387 e. The van der Waals surface area contributed by atoms with Gasteiger partial charge in [0.1, 0.15) is 0 Å². The molecular weight excluding hydrogens is 380 g/mol. The Bertz CT molecular complexity index is 822. The molecule has 0 saturated heterocycles. The number of hydrazone groups is 1. The van der Waals surface area contributed by atoms with Gasteiger partial charge in [-0.15, -0.1) is 0 Å². The lowest BCUT2D eigenvalue weighted by molar-refractivity contribution is -0.0515. The Morgan fingerprint density at radius 1 is 1.14 bits per heavy atom. The fourth-order valence-corrected chi connectivity index (χ4v) is 2.76. The van der Waals surface area contributed by atoms with E-state index in [2.05, 4.69) is 34.0 Å². The molecule has 0 spiro atoms. The molecule has 0 radical (unpaired) electrons. The molecule has 0 aliphatic rings.